The lowest BCUT2D eigenvalue weighted by molar-refractivity contribution is -0.385. The molecule has 7 heteroatoms. The van der Waals surface area contributed by atoms with Crippen molar-refractivity contribution in [2.75, 3.05) is 31.1 Å². The van der Waals surface area contributed by atoms with Crippen LogP contribution in [0.5, 0.6) is 0 Å². The molecule has 2 saturated carbocycles. The topological polar surface area (TPSA) is 62.5 Å². The summed E-state index contributed by atoms with van der Waals surface area (Å²) in [6, 6.07) is 2.17. The molecular weight excluding hydrogens is 316 g/mol. The van der Waals surface area contributed by atoms with Crippen molar-refractivity contribution < 1.29 is 4.92 Å². The van der Waals surface area contributed by atoms with E-state index in [1.54, 1.807) is 0 Å². The molecule has 23 heavy (non-hydrogen) atoms. The highest BCUT2D eigenvalue weighted by molar-refractivity contribution is 6.33. The number of halogens is 1. The van der Waals surface area contributed by atoms with Gasteiger partial charge in [0.2, 0.25) is 0 Å². The zero-order chi connectivity index (χ0) is 16.0. The van der Waals surface area contributed by atoms with Crippen molar-refractivity contribution in [1.29, 1.82) is 0 Å². The molecule has 124 valence electrons. The maximum Gasteiger partial charge on any atom is 0.289 e. The maximum absolute atomic E-state index is 10.8. The number of nitrogens with zero attached hydrogens (tertiary/aromatic N) is 4. The number of aromatic nitrogens is 1. The van der Waals surface area contributed by atoms with E-state index in [0.717, 1.165) is 44.1 Å². The largest absolute Gasteiger partial charge is 0.353 e. The van der Waals surface area contributed by atoms with Gasteiger partial charge in [-0.2, -0.15) is 0 Å². The van der Waals surface area contributed by atoms with Gasteiger partial charge >= 0.3 is 0 Å². The molecule has 0 amide bonds. The second-order valence-electron chi connectivity index (χ2n) is 7.02. The zero-order valence-corrected chi connectivity index (χ0v) is 13.8. The Kier molecular flexibility index (Phi) is 3.89. The fourth-order valence-electron chi connectivity index (χ4n) is 4.68. The SMILES string of the molecule is O=[N+]([O-])c1cnc(N2CCN(C3CC4CCC3C4)CC2)c(Cl)c1. The van der Waals surface area contributed by atoms with Gasteiger partial charge in [-0.25, -0.2) is 4.98 Å². The fourth-order valence-corrected chi connectivity index (χ4v) is 4.96. The molecular formula is C16H21ClN4O2. The lowest BCUT2D eigenvalue weighted by atomic mass is 9.93. The third-order valence-corrected chi connectivity index (χ3v) is 6.08. The minimum Gasteiger partial charge on any atom is -0.353 e. The molecule has 3 fully saturated rings. The number of fused-ring (bicyclic) bond motifs is 2. The van der Waals surface area contributed by atoms with Gasteiger partial charge in [0.15, 0.2) is 0 Å². The number of hydrogen-bond acceptors (Lipinski definition) is 5. The molecule has 1 aliphatic heterocycles. The van der Waals surface area contributed by atoms with Gasteiger partial charge in [0, 0.05) is 38.3 Å². The Morgan fingerprint density at radius 1 is 1.22 bits per heavy atom. The third-order valence-electron chi connectivity index (χ3n) is 5.80. The minimum absolute atomic E-state index is 0.0561. The van der Waals surface area contributed by atoms with E-state index in [2.05, 4.69) is 14.8 Å². The predicted molar refractivity (Wildman–Crippen MR) is 88.9 cm³/mol. The van der Waals surface area contributed by atoms with Crippen molar-refractivity contribution in [2.45, 2.75) is 31.7 Å². The minimum atomic E-state index is -0.463. The van der Waals surface area contributed by atoms with Gasteiger partial charge in [-0.3, -0.25) is 15.0 Å². The molecule has 1 aromatic heterocycles. The van der Waals surface area contributed by atoms with E-state index in [1.807, 2.05) is 0 Å². The monoisotopic (exact) mass is 336 g/mol. The van der Waals surface area contributed by atoms with Crippen LogP contribution < -0.4 is 4.90 Å². The summed E-state index contributed by atoms with van der Waals surface area (Å²) in [4.78, 5) is 19.3. The van der Waals surface area contributed by atoms with Gasteiger partial charge in [0.25, 0.3) is 5.69 Å². The molecule has 0 radical (unpaired) electrons. The first-order valence-corrected chi connectivity index (χ1v) is 8.78. The Hall–Kier alpha value is -1.40. The van der Waals surface area contributed by atoms with E-state index in [-0.39, 0.29) is 5.69 Å². The highest BCUT2D eigenvalue weighted by Gasteiger charge is 2.42. The van der Waals surface area contributed by atoms with E-state index < -0.39 is 4.92 Å². The normalized spacial score (nSPS) is 30.8. The molecule has 2 heterocycles. The van der Waals surface area contributed by atoms with E-state index in [0.29, 0.717) is 10.8 Å². The van der Waals surface area contributed by atoms with Crippen LogP contribution in [0.15, 0.2) is 12.3 Å². The molecule has 6 nitrogen and oxygen atoms in total. The molecule has 4 rings (SSSR count). The van der Waals surface area contributed by atoms with Crippen LogP contribution in [0.1, 0.15) is 25.7 Å². The average molecular weight is 337 g/mol. The van der Waals surface area contributed by atoms with Crippen molar-refractivity contribution in [3.8, 4) is 0 Å². The maximum atomic E-state index is 10.8. The number of pyridine rings is 1. The standard InChI is InChI=1S/C16H21ClN4O2/c17-14-9-13(21(22)23)10-18-16(14)20-5-3-19(4-6-20)15-8-11-1-2-12(15)7-11/h9-12,15H,1-8H2. The Balaban J connectivity index is 1.40. The van der Waals surface area contributed by atoms with Crippen LogP contribution in [0.3, 0.4) is 0 Å². The first-order valence-electron chi connectivity index (χ1n) is 8.41. The highest BCUT2D eigenvalue weighted by Crippen LogP contribution is 2.46. The lowest BCUT2D eigenvalue weighted by Gasteiger charge is -2.41. The van der Waals surface area contributed by atoms with Crippen molar-refractivity contribution in [2.24, 2.45) is 11.8 Å². The van der Waals surface area contributed by atoms with Gasteiger partial charge < -0.3 is 4.90 Å². The molecule has 3 unspecified atom stereocenters. The predicted octanol–water partition coefficient (Wildman–Crippen LogP) is 2.95. The summed E-state index contributed by atoms with van der Waals surface area (Å²) in [5, 5.41) is 11.1. The Morgan fingerprint density at radius 2 is 2.00 bits per heavy atom. The summed E-state index contributed by atoms with van der Waals surface area (Å²) in [5.74, 6) is 2.55. The molecule has 3 atom stereocenters. The fraction of sp³-hybridized carbons (Fsp3) is 0.688. The summed E-state index contributed by atoms with van der Waals surface area (Å²) >= 11 is 6.20. The number of rotatable bonds is 3. The summed E-state index contributed by atoms with van der Waals surface area (Å²) in [7, 11) is 0. The van der Waals surface area contributed by atoms with Crippen LogP contribution in [0.4, 0.5) is 11.5 Å². The summed E-state index contributed by atoms with van der Waals surface area (Å²) in [6.07, 6.45) is 6.94. The zero-order valence-electron chi connectivity index (χ0n) is 13.0. The van der Waals surface area contributed by atoms with Crippen LogP contribution in [0.25, 0.3) is 0 Å². The van der Waals surface area contributed by atoms with Gasteiger partial charge in [-0.15, -0.1) is 0 Å². The molecule has 2 aliphatic carbocycles. The Morgan fingerprint density at radius 3 is 2.57 bits per heavy atom. The van der Waals surface area contributed by atoms with Gasteiger partial charge in [-0.05, 0) is 31.1 Å². The summed E-state index contributed by atoms with van der Waals surface area (Å²) in [5.41, 5.74) is -0.0561. The number of anilines is 1. The van der Waals surface area contributed by atoms with Gasteiger partial charge in [0.05, 0.1) is 9.95 Å². The molecule has 0 aromatic carbocycles. The van der Waals surface area contributed by atoms with E-state index in [1.165, 1.54) is 37.9 Å². The second kappa shape index (κ2) is 5.91. The van der Waals surface area contributed by atoms with Gasteiger partial charge in [0.1, 0.15) is 12.0 Å². The van der Waals surface area contributed by atoms with Crippen molar-refractivity contribution in [1.82, 2.24) is 9.88 Å². The van der Waals surface area contributed by atoms with Crippen LogP contribution in [0, 0.1) is 22.0 Å². The molecule has 0 spiro atoms. The van der Waals surface area contributed by atoms with Crippen molar-refractivity contribution in [3.63, 3.8) is 0 Å². The third kappa shape index (κ3) is 2.78. The smallest absolute Gasteiger partial charge is 0.289 e. The Labute approximate surface area is 140 Å². The molecule has 1 aromatic rings. The van der Waals surface area contributed by atoms with Crippen LogP contribution in [0.2, 0.25) is 5.02 Å². The highest BCUT2D eigenvalue weighted by atomic mass is 35.5. The van der Waals surface area contributed by atoms with E-state index in [4.69, 9.17) is 11.6 Å². The number of hydrogen-bond donors (Lipinski definition) is 0. The van der Waals surface area contributed by atoms with Crippen molar-refractivity contribution in [3.05, 3.63) is 27.4 Å². The van der Waals surface area contributed by atoms with E-state index in [9.17, 15) is 10.1 Å². The lowest BCUT2D eigenvalue weighted by Crippen LogP contribution is -2.52. The van der Waals surface area contributed by atoms with Crippen LogP contribution >= 0.6 is 11.6 Å². The first kappa shape index (κ1) is 15.1. The molecule has 2 bridgehead atoms. The first-order chi connectivity index (χ1) is 11.1. The summed E-state index contributed by atoms with van der Waals surface area (Å²) in [6.45, 7) is 3.84. The van der Waals surface area contributed by atoms with Gasteiger partial charge in [-0.1, -0.05) is 18.0 Å². The quantitative estimate of drug-likeness (QED) is 0.627. The number of piperazine rings is 1. The summed E-state index contributed by atoms with van der Waals surface area (Å²) < 4.78 is 0. The molecule has 1 saturated heterocycles. The van der Waals surface area contributed by atoms with Crippen LogP contribution in [-0.2, 0) is 0 Å². The molecule has 3 aliphatic rings. The van der Waals surface area contributed by atoms with Crippen LogP contribution in [-0.4, -0.2) is 47.0 Å². The Bertz CT molecular complexity index is 618. The second-order valence-corrected chi connectivity index (χ2v) is 7.43. The van der Waals surface area contributed by atoms with E-state index >= 15 is 0 Å². The number of nitro groups is 1. The molecule has 0 N–H and O–H groups in total. The van der Waals surface area contributed by atoms with Crippen molar-refractivity contribution >= 4 is 23.1 Å². The average Bonchev–Trinajstić information content (AvgIpc) is 3.18.